The summed E-state index contributed by atoms with van der Waals surface area (Å²) in [6, 6.07) is 12.4. The second-order valence-corrected chi connectivity index (χ2v) is 6.34. The molecule has 7 nitrogen and oxygen atoms in total. The molecule has 0 bridgehead atoms. The number of para-hydroxylation sites is 1. The van der Waals surface area contributed by atoms with Gasteiger partial charge in [0.1, 0.15) is 12.4 Å². The van der Waals surface area contributed by atoms with Gasteiger partial charge in [-0.25, -0.2) is 9.18 Å². The van der Waals surface area contributed by atoms with Gasteiger partial charge in [-0.05, 0) is 31.2 Å². The number of halogens is 3. The number of methoxy groups -OCH3 is 1. The molecule has 0 radical (unpaired) electrons. The maximum Gasteiger partial charge on any atom is 0.373 e. The van der Waals surface area contributed by atoms with Crippen molar-refractivity contribution < 1.29 is 37.8 Å². The third kappa shape index (κ3) is 10.4. The van der Waals surface area contributed by atoms with Gasteiger partial charge in [-0.15, -0.1) is 0 Å². The first-order chi connectivity index (χ1) is 15.3. The normalized spacial score (nSPS) is 9.09. The fourth-order valence-electron chi connectivity index (χ4n) is 2.10. The van der Waals surface area contributed by atoms with E-state index in [0.29, 0.717) is 11.6 Å². The Morgan fingerprint density at radius 3 is 2.16 bits per heavy atom. The number of benzene rings is 2. The molecule has 1 heterocycles. The Balaban J connectivity index is 0.000000438. The summed E-state index contributed by atoms with van der Waals surface area (Å²) in [4.78, 5) is 26.2. The highest BCUT2D eigenvalue weighted by molar-refractivity contribution is 6.34. The minimum atomic E-state index is -0.567. The molecule has 3 aromatic rings. The van der Waals surface area contributed by atoms with E-state index >= 15 is 0 Å². The van der Waals surface area contributed by atoms with Crippen molar-refractivity contribution in [3.8, 4) is 5.75 Å². The van der Waals surface area contributed by atoms with Crippen molar-refractivity contribution >= 4 is 46.3 Å². The molecular formula is C22H23Cl2FO7. The molecule has 0 saturated heterocycles. The standard InChI is InChI=1S/C10H9ClO.C7H6ClFO.C4H8O3.CO2/c1-2-8-6-7-4-3-5-9(11)10(7)12-8;1-10-6-4-2-3-5(8)7(6)9;1-2-7-4(6)3-5;2-1-3/h3-6H,2H2,1H3;2-4H,1H3;5H,2-3H2,1H3;. The van der Waals surface area contributed by atoms with Crippen LogP contribution in [0.25, 0.3) is 11.0 Å². The maximum absolute atomic E-state index is 12.7. The van der Waals surface area contributed by atoms with Crippen LogP contribution in [0, 0.1) is 5.82 Å². The molecule has 0 aliphatic heterocycles. The Hall–Kier alpha value is -2.90. The zero-order chi connectivity index (χ0) is 24.5. The lowest BCUT2D eigenvalue weighted by Gasteiger charge is -2.00. The van der Waals surface area contributed by atoms with Crippen molar-refractivity contribution in [3.05, 3.63) is 64.1 Å². The Bertz CT molecular complexity index is 999. The number of rotatable bonds is 4. The number of aliphatic hydroxyl groups excluding tert-OH is 1. The van der Waals surface area contributed by atoms with Crippen molar-refractivity contribution in [1.29, 1.82) is 0 Å². The highest BCUT2D eigenvalue weighted by atomic mass is 35.5. The van der Waals surface area contributed by atoms with Gasteiger partial charge in [-0.1, -0.05) is 48.3 Å². The third-order valence-electron chi connectivity index (χ3n) is 3.47. The molecule has 1 aromatic heterocycles. The van der Waals surface area contributed by atoms with Gasteiger partial charge in [-0.3, -0.25) is 0 Å². The highest BCUT2D eigenvalue weighted by Gasteiger charge is 2.05. The van der Waals surface area contributed by atoms with E-state index in [1.165, 1.54) is 19.2 Å². The monoisotopic (exact) mass is 488 g/mol. The maximum atomic E-state index is 12.7. The number of esters is 1. The molecule has 0 aliphatic rings. The molecule has 3 rings (SSSR count). The van der Waals surface area contributed by atoms with Crippen LogP contribution in [0.5, 0.6) is 5.75 Å². The fourth-order valence-corrected chi connectivity index (χ4v) is 2.49. The summed E-state index contributed by atoms with van der Waals surface area (Å²) in [6.07, 6.45) is 1.16. The summed E-state index contributed by atoms with van der Waals surface area (Å²) in [6.45, 7) is 3.56. The summed E-state index contributed by atoms with van der Waals surface area (Å²) in [7, 11) is 1.40. The van der Waals surface area contributed by atoms with E-state index in [0.717, 1.165) is 23.2 Å². The van der Waals surface area contributed by atoms with Crippen molar-refractivity contribution in [2.45, 2.75) is 20.3 Å². The fraction of sp³-hybridized carbons (Fsp3) is 0.273. The molecule has 0 unspecified atom stereocenters. The summed E-state index contributed by atoms with van der Waals surface area (Å²) in [5.41, 5.74) is 0.802. The van der Waals surface area contributed by atoms with E-state index in [9.17, 15) is 9.18 Å². The van der Waals surface area contributed by atoms with E-state index in [1.807, 2.05) is 24.3 Å². The third-order valence-corrected chi connectivity index (χ3v) is 4.06. The Morgan fingerprint density at radius 1 is 1.12 bits per heavy atom. The SMILES string of the molecule is CCOC(=O)CO.CCc1cc2cccc(Cl)c2o1.COc1cccc(Cl)c1F.O=C=O. The van der Waals surface area contributed by atoms with Crippen LogP contribution in [-0.4, -0.2) is 37.6 Å². The van der Waals surface area contributed by atoms with Crippen LogP contribution in [0.1, 0.15) is 19.6 Å². The van der Waals surface area contributed by atoms with Gasteiger partial charge in [0.15, 0.2) is 17.1 Å². The lowest BCUT2D eigenvalue weighted by Crippen LogP contribution is -2.07. The lowest BCUT2D eigenvalue weighted by atomic mass is 10.2. The van der Waals surface area contributed by atoms with Gasteiger partial charge < -0.3 is 19.0 Å². The molecule has 10 heteroatoms. The van der Waals surface area contributed by atoms with Crippen LogP contribution in [-0.2, 0) is 25.5 Å². The van der Waals surface area contributed by atoms with Gasteiger partial charge in [-0.2, -0.15) is 9.59 Å². The number of carbonyl (C=O) groups excluding carboxylic acids is 3. The number of aryl methyl sites for hydroxylation is 1. The molecule has 174 valence electrons. The lowest BCUT2D eigenvalue weighted by molar-refractivity contribution is -0.191. The van der Waals surface area contributed by atoms with Crippen molar-refractivity contribution in [2.24, 2.45) is 0 Å². The molecule has 0 aliphatic carbocycles. The Morgan fingerprint density at radius 2 is 1.72 bits per heavy atom. The number of hydrogen-bond donors (Lipinski definition) is 1. The predicted molar refractivity (Wildman–Crippen MR) is 117 cm³/mol. The molecule has 0 spiro atoms. The molecule has 2 aromatic carbocycles. The zero-order valence-electron chi connectivity index (χ0n) is 17.7. The molecule has 0 fully saturated rings. The van der Waals surface area contributed by atoms with Crippen LogP contribution < -0.4 is 4.74 Å². The second kappa shape index (κ2) is 16.8. The van der Waals surface area contributed by atoms with Gasteiger partial charge in [0.2, 0.25) is 0 Å². The minimum absolute atomic E-state index is 0.0827. The van der Waals surface area contributed by atoms with E-state index in [4.69, 9.17) is 42.3 Å². The summed E-state index contributed by atoms with van der Waals surface area (Å²) >= 11 is 11.4. The van der Waals surface area contributed by atoms with Gasteiger partial charge in [0.05, 0.1) is 23.8 Å². The number of aliphatic hydroxyl groups is 1. The quantitative estimate of drug-likeness (QED) is 0.509. The largest absolute Gasteiger partial charge is 0.494 e. The number of furan rings is 1. The van der Waals surface area contributed by atoms with Crippen LogP contribution in [0.3, 0.4) is 0 Å². The minimum Gasteiger partial charge on any atom is -0.494 e. The molecule has 0 atom stereocenters. The van der Waals surface area contributed by atoms with Crippen molar-refractivity contribution in [2.75, 3.05) is 20.3 Å². The van der Waals surface area contributed by atoms with Gasteiger partial charge in [0.25, 0.3) is 0 Å². The smallest absolute Gasteiger partial charge is 0.373 e. The zero-order valence-corrected chi connectivity index (χ0v) is 19.2. The predicted octanol–water partition coefficient (Wildman–Crippen LogP) is 5.09. The van der Waals surface area contributed by atoms with E-state index in [-0.39, 0.29) is 16.9 Å². The summed E-state index contributed by atoms with van der Waals surface area (Å²) in [5, 5.41) is 9.84. The van der Waals surface area contributed by atoms with E-state index in [2.05, 4.69) is 16.4 Å². The average Bonchev–Trinajstić information content (AvgIpc) is 3.22. The molecule has 32 heavy (non-hydrogen) atoms. The highest BCUT2D eigenvalue weighted by Crippen LogP contribution is 2.26. The summed E-state index contributed by atoms with van der Waals surface area (Å²) in [5.74, 6) is 0.0831. The average molecular weight is 489 g/mol. The number of fused-ring (bicyclic) bond motifs is 1. The van der Waals surface area contributed by atoms with Gasteiger partial charge in [0, 0.05) is 11.8 Å². The van der Waals surface area contributed by atoms with Crippen molar-refractivity contribution in [3.63, 3.8) is 0 Å². The van der Waals surface area contributed by atoms with Gasteiger partial charge >= 0.3 is 12.1 Å². The van der Waals surface area contributed by atoms with Crippen LogP contribution in [0.4, 0.5) is 4.39 Å². The number of hydrogen-bond acceptors (Lipinski definition) is 7. The second-order valence-electron chi connectivity index (χ2n) is 5.53. The number of ether oxygens (including phenoxy) is 2. The summed E-state index contributed by atoms with van der Waals surface area (Å²) < 4.78 is 27.2. The van der Waals surface area contributed by atoms with Crippen LogP contribution >= 0.6 is 23.2 Å². The number of carbonyl (C=O) groups is 1. The van der Waals surface area contributed by atoms with E-state index in [1.54, 1.807) is 13.0 Å². The van der Waals surface area contributed by atoms with Crippen molar-refractivity contribution in [1.82, 2.24) is 0 Å². The van der Waals surface area contributed by atoms with E-state index < -0.39 is 18.4 Å². The molecule has 0 saturated carbocycles. The Kier molecular flexibility index (Phi) is 15.2. The van der Waals surface area contributed by atoms with Crippen LogP contribution in [0.2, 0.25) is 10.0 Å². The molecule has 0 amide bonds. The molecular weight excluding hydrogens is 466 g/mol. The molecule has 1 N–H and O–H groups in total. The first kappa shape index (κ1) is 29.1. The Labute approximate surface area is 194 Å². The first-order valence-corrected chi connectivity index (χ1v) is 9.95. The topological polar surface area (TPSA) is 103 Å². The first-order valence-electron chi connectivity index (χ1n) is 9.20. The van der Waals surface area contributed by atoms with Crippen LogP contribution in [0.15, 0.2) is 46.9 Å².